The number of likely N-dealkylation sites (tertiary alicyclic amines) is 1. The molecule has 0 aromatic carbocycles. The fraction of sp³-hybridized carbons (Fsp3) is 0.533. The van der Waals surface area contributed by atoms with Gasteiger partial charge in [-0.15, -0.1) is 0 Å². The molecule has 3 rings (SSSR count). The van der Waals surface area contributed by atoms with Crippen molar-refractivity contribution in [2.45, 2.75) is 18.8 Å². The minimum atomic E-state index is -2.88. The highest BCUT2D eigenvalue weighted by molar-refractivity contribution is 6.13. The summed E-state index contributed by atoms with van der Waals surface area (Å²) >= 11 is 0. The van der Waals surface area contributed by atoms with E-state index in [1.807, 2.05) is 0 Å². The normalized spacial score (nSPS) is 25.8. The van der Waals surface area contributed by atoms with Crippen LogP contribution >= 0.6 is 0 Å². The van der Waals surface area contributed by atoms with E-state index in [0.717, 1.165) is 37.0 Å². The molecule has 3 aliphatic rings. The SMILES string of the molecule is N=C/C(C(=O)N1CC(F)(F)C1)=C1/NC(=O)C=C(C2CCNCC2)N1. The predicted octanol–water partition coefficient (Wildman–Crippen LogP) is -0.0720. The van der Waals surface area contributed by atoms with Gasteiger partial charge in [-0.05, 0) is 25.9 Å². The number of piperidine rings is 1. The van der Waals surface area contributed by atoms with Gasteiger partial charge in [0.05, 0.1) is 18.7 Å². The minimum absolute atomic E-state index is 0.0891. The molecule has 0 radical (unpaired) electrons. The van der Waals surface area contributed by atoms with Gasteiger partial charge in [0, 0.05) is 23.9 Å². The molecule has 0 bridgehead atoms. The standard InChI is InChI=1S/C15H19F2N5O2/c16-15(17)7-22(8-15)14(24)10(6-18)13-20-11(5-12(23)21-13)9-1-3-19-4-2-9/h5-6,9,18-20H,1-4,7-8H2,(H,21,23)/b13-10-,18-6?. The zero-order valence-corrected chi connectivity index (χ0v) is 13.0. The van der Waals surface area contributed by atoms with Gasteiger partial charge < -0.3 is 26.3 Å². The van der Waals surface area contributed by atoms with Crippen LogP contribution in [0.2, 0.25) is 0 Å². The predicted molar refractivity (Wildman–Crippen MR) is 82.3 cm³/mol. The number of hydrogen-bond donors (Lipinski definition) is 4. The molecule has 0 aromatic heterocycles. The Morgan fingerprint density at radius 2 is 1.96 bits per heavy atom. The summed E-state index contributed by atoms with van der Waals surface area (Å²) < 4.78 is 25.9. The Hall–Kier alpha value is -2.29. The first kappa shape index (κ1) is 16.6. The molecular weight excluding hydrogens is 320 g/mol. The number of nitrogens with one attached hydrogen (secondary N) is 4. The van der Waals surface area contributed by atoms with Crippen LogP contribution in [-0.4, -0.2) is 55.0 Å². The second kappa shape index (κ2) is 6.31. The topological polar surface area (TPSA) is 97.3 Å². The molecule has 0 aromatic rings. The lowest BCUT2D eigenvalue weighted by Crippen LogP contribution is -2.59. The Labute approximate surface area is 137 Å². The molecule has 2 saturated heterocycles. The van der Waals surface area contributed by atoms with E-state index < -0.39 is 30.8 Å². The summed E-state index contributed by atoms with van der Waals surface area (Å²) in [5.41, 5.74) is 0.565. The van der Waals surface area contributed by atoms with Crippen LogP contribution in [0.3, 0.4) is 0 Å². The highest BCUT2D eigenvalue weighted by atomic mass is 19.3. The maximum Gasteiger partial charge on any atom is 0.282 e. The summed E-state index contributed by atoms with van der Waals surface area (Å²) in [5.74, 6) is -3.71. The Morgan fingerprint density at radius 1 is 1.29 bits per heavy atom. The zero-order chi connectivity index (χ0) is 17.3. The number of alkyl halides is 2. The van der Waals surface area contributed by atoms with Crippen LogP contribution in [0.1, 0.15) is 12.8 Å². The summed E-state index contributed by atoms with van der Waals surface area (Å²) in [4.78, 5) is 25.2. The molecule has 0 atom stereocenters. The van der Waals surface area contributed by atoms with Crippen molar-refractivity contribution < 1.29 is 18.4 Å². The fourth-order valence-electron chi connectivity index (χ4n) is 3.07. The van der Waals surface area contributed by atoms with Crippen molar-refractivity contribution in [3.8, 4) is 0 Å². The van der Waals surface area contributed by atoms with Gasteiger partial charge in [-0.1, -0.05) is 0 Å². The molecule has 0 unspecified atom stereocenters. The van der Waals surface area contributed by atoms with E-state index in [4.69, 9.17) is 5.41 Å². The average Bonchev–Trinajstić information content (AvgIpc) is 2.53. The molecule has 24 heavy (non-hydrogen) atoms. The largest absolute Gasteiger partial charge is 0.344 e. The van der Waals surface area contributed by atoms with E-state index in [2.05, 4.69) is 16.0 Å². The van der Waals surface area contributed by atoms with Crippen molar-refractivity contribution in [3.63, 3.8) is 0 Å². The second-order valence-electron chi connectivity index (χ2n) is 6.19. The average molecular weight is 339 g/mol. The van der Waals surface area contributed by atoms with Gasteiger partial charge in [-0.3, -0.25) is 9.59 Å². The first-order valence-corrected chi connectivity index (χ1v) is 7.82. The molecule has 130 valence electrons. The quantitative estimate of drug-likeness (QED) is 0.427. The monoisotopic (exact) mass is 339 g/mol. The van der Waals surface area contributed by atoms with Gasteiger partial charge in [-0.25, -0.2) is 8.78 Å². The molecule has 4 N–H and O–H groups in total. The Balaban J connectivity index is 1.79. The number of carbonyl (C=O) groups is 2. The zero-order valence-electron chi connectivity index (χ0n) is 13.0. The molecule has 7 nitrogen and oxygen atoms in total. The summed E-state index contributed by atoms with van der Waals surface area (Å²) in [5, 5.41) is 16.2. The van der Waals surface area contributed by atoms with Crippen molar-refractivity contribution in [2.24, 2.45) is 5.92 Å². The number of halogens is 2. The lowest BCUT2D eigenvalue weighted by molar-refractivity contribution is -0.161. The molecule has 2 fully saturated rings. The van der Waals surface area contributed by atoms with Crippen molar-refractivity contribution in [1.29, 1.82) is 5.41 Å². The fourth-order valence-corrected chi connectivity index (χ4v) is 3.07. The molecule has 0 spiro atoms. The maximum atomic E-state index is 13.0. The van der Waals surface area contributed by atoms with Crippen molar-refractivity contribution in [1.82, 2.24) is 20.9 Å². The van der Waals surface area contributed by atoms with Gasteiger partial charge in [0.1, 0.15) is 5.82 Å². The number of nitrogens with zero attached hydrogens (tertiary/aromatic N) is 1. The maximum absolute atomic E-state index is 13.0. The van der Waals surface area contributed by atoms with Crippen LogP contribution in [0, 0.1) is 11.3 Å². The van der Waals surface area contributed by atoms with Gasteiger partial charge in [-0.2, -0.15) is 0 Å². The van der Waals surface area contributed by atoms with Crippen LogP contribution in [0.5, 0.6) is 0 Å². The van der Waals surface area contributed by atoms with Crippen LogP contribution in [0.4, 0.5) is 8.78 Å². The summed E-state index contributed by atoms with van der Waals surface area (Å²) in [6.07, 6.45) is 3.94. The minimum Gasteiger partial charge on any atom is -0.344 e. The van der Waals surface area contributed by atoms with Crippen molar-refractivity contribution in [3.05, 3.63) is 23.2 Å². The van der Waals surface area contributed by atoms with E-state index in [-0.39, 0.29) is 17.3 Å². The first-order chi connectivity index (χ1) is 11.4. The number of hydrogen-bond acceptors (Lipinski definition) is 5. The third-order valence-corrected chi connectivity index (χ3v) is 4.36. The van der Waals surface area contributed by atoms with Crippen LogP contribution < -0.4 is 16.0 Å². The Bertz CT molecular complexity index is 630. The van der Waals surface area contributed by atoms with Crippen LogP contribution in [0.25, 0.3) is 0 Å². The van der Waals surface area contributed by atoms with E-state index in [0.29, 0.717) is 5.70 Å². The van der Waals surface area contributed by atoms with E-state index >= 15 is 0 Å². The molecular formula is C15H19F2N5O2. The van der Waals surface area contributed by atoms with Gasteiger partial charge in [0.15, 0.2) is 0 Å². The third kappa shape index (κ3) is 3.30. The smallest absolute Gasteiger partial charge is 0.282 e. The van der Waals surface area contributed by atoms with E-state index in [1.54, 1.807) is 0 Å². The van der Waals surface area contributed by atoms with E-state index in [9.17, 15) is 18.4 Å². The highest BCUT2D eigenvalue weighted by Gasteiger charge is 2.47. The van der Waals surface area contributed by atoms with Gasteiger partial charge in [0.25, 0.3) is 17.7 Å². The summed E-state index contributed by atoms with van der Waals surface area (Å²) in [6, 6.07) is 0. The third-order valence-electron chi connectivity index (χ3n) is 4.36. The first-order valence-electron chi connectivity index (χ1n) is 7.82. The number of carbonyl (C=O) groups excluding carboxylic acids is 2. The Kier molecular flexibility index (Phi) is 4.35. The lowest BCUT2D eigenvalue weighted by Gasteiger charge is -2.39. The summed E-state index contributed by atoms with van der Waals surface area (Å²) in [6.45, 7) is 0.343. The van der Waals surface area contributed by atoms with Crippen molar-refractivity contribution >= 4 is 18.0 Å². The summed E-state index contributed by atoms with van der Waals surface area (Å²) in [7, 11) is 0. The lowest BCUT2D eigenvalue weighted by atomic mass is 9.93. The molecule has 0 aliphatic carbocycles. The van der Waals surface area contributed by atoms with Gasteiger partial charge >= 0.3 is 0 Å². The van der Waals surface area contributed by atoms with E-state index in [1.165, 1.54) is 6.08 Å². The van der Waals surface area contributed by atoms with Gasteiger partial charge in [0.2, 0.25) is 0 Å². The molecule has 3 heterocycles. The Morgan fingerprint density at radius 3 is 2.54 bits per heavy atom. The molecule has 3 aliphatic heterocycles. The molecule has 0 saturated carbocycles. The number of rotatable bonds is 3. The van der Waals surface area contributed by atoms with Crippen molar-refractivity contribution in [2.75, 3.05) is 26.2 Å². The molecule has 9 heteroatoms. The number of allylic oxidation sites excluding steroid dienone is 1. The number of amides is 2. The van der Waals surface area contributed by atoms with Crippen LogP contribution in [-0.2, 0) is 9.59 Å². The highest BCUT2D eigenvalue weighted by Crippen LogP contribution is 2.28. The second-order valence-corrected chi connectivity index (χ2v) is 6.19. The van der Waals surface area contributed by atoms with Crippen LogP contribution in [0.15, 0.2) is 23.2 Å². The molecule has 2 amide bonds.